The van der Waals surface area contributed by atoms with Gasteiger partial charge in [0.1, 0.15) is 69.7 Å². The SMILES string of the molecule is COc1cc(-n2cnc3cc(-c4ccc(Cl)cc4)sc3c2=O)ccc1OCC1(OP(=O)(OC2(COc3ccc(-n4cnc5cc(-c6ccc(Cl)cc6)sc5c4=O)cc3OC)CC(F)(F)C2)OC2(COc3ccc(-n4cnc5cc(-c6ccc(Cl)cc6)sc5c4=O)cc3OC)CC(F)(F)C2)CC(F)(F)C1. The van der Waals surface area contributed by atoms with Crippen LogP contribution in [-0.4, -0.2) is 104 Å². The summed E-state index contributed by atoms with van der Waals surface area (Å²) in [5.41, 5.74) is -3.96. The van der Waals surface area contributed by atoms with Crippen molar-refractivity contribution in [3.8, 4) is 82.9 Å². The molecule has 15 rings (SSSR count). The highest BCUT2D eigenvalue weighted by Gasteiger charge is 2.69. The third-order valence-corrected chi connectivity index (χ3v) is 23.9. The van der Waals surface area contributed by atoms with Gasteiger partial charge >= 0.3 is 7.82 Å². The highest BCUT2D eigenvalue weighted by atomic mass is 35.5. The molecule has 0 saturated heterocycles. The second-order valence-electron chi connectivity index (χ2n) is 25.5. The van der Waals surface area contributed by atoms with E-state index in [1.165, 1.54) is 143 Å². The van der Waals surface area contributed by atoms with Crippen LogP contribution >= 0.6 is 76.6 Å². The van der Waals surface area contributed by atoms with E-state index in [0.717, 1.165) is 31.3 Å². The molecule has 32 heteroatoms. The summed E-state index contributed by atoms with van der Waals surface area (Å²) < 4.78 is 169. The van der Waals surface area contributed by atoms with Gasteiger partial charge in [0.05, 0.1) is 54.9 Å². The minimum atomic E-state index is -5.83. The highest BCUT2D eigenvalue weighted by molar-refractivity contribution is 7.48. The van der Waals surface area contributed by atoms with Crippen molar-refractivity contribution in [3.63, 3.8) is 0 Å². The third kappa shape index (κ3) is 14.1. The first-order valence-corrected chi connectivity index (χ1v) is 36.8. The van der Waals surface area contributed by atoms with Gasteiger partial charge in [0.25, 0.3) is 34.4 Å². The number of aromatic nitrogens is 6. The number of hydrogen-bond donors (Lipinski definition) is 0. The van der Waals surface area contributed by atoms with Crippen molar-refractivity contribution >= 4 is 107 Å². The van der Waals surface area contributed by atoms with Crippen LogP contribution in [0.15, 0.2) is 179 Å². The topological polar surface area (TPSA) is 205 Å². The second kappa shape index (κ2) is 27.0. The number of nitrogens with zero attached hydrogens (tertiary/aromatic N) is 6. The van der Waals surface area contributed by atoms with Crippen molar-refractivity contribution in [2.45, 2.75) is 73.1 Å². The molecule has 104 heavy (non-hydrogen) atoms. The van der Waals surface area contributed by atoms with E-state index >= 15 is 30.9 Å². The van der Waals surface area contributed by atoms with E-state index < -0.39 is 117 Å². The normalized spacial score (nSPS) is 16.7. The van der Waals surface area contributed by atoms with Crippen LogP contribution in [0.2, 0.25) is 15.1 Å². The quantitative estimate of drug-likeness (QED) is 0.0407. The number of hydrogen-bond acceptors (Lipinski definition) is 19. The lowest BCUT2D eigenvalue weighted by Crippen LogP contribution is -2.61. The molecule has 3 fully saturated rings. The Hall–Kier alpha value is -8.80. The molecule has 3 saturated carbocycles. The molecule has 0 amide bonds. The van der Waals surface area contributed by atoms with Crippen molar-refractivity contribution in [1.82, 2.24) is 28.7 Å². The fourth-order valence-electron chi connectivity index (χ4n) is 13.0. The summed E-state index contributed by atoms with van der Waals surface area (Å²) >= 11 is 22.0. The summed E-state index contributed by atoms with van der Waals surface area (Å²) in [7, 11) is -2.00. The second-order valence-corrected chi connectivity index (χ2v) is 31.4. The van der Waals surface area contributed by atoms with Gasteiger partial charge in [0, 0.05) is 86.4 Å². The number of rotatable bonds is 24. The standard InChI is InChI=1S/C72H54Cl3F6N6O13PS3/c1-92-55-22-46(85-37-82-49-25-58(102-61(49)64(85)88)40-4-10-43(73)11-5-40)16-19-52(55)95-34-67(28-70(76,77)29-67)98-101(91,99-68(30-71(78,79)31-68)35-96-53-20-17-47(23-56(53)93-2)86-38-83-50-26-59(103-62(50)65(86)89)41-6-12-44(74)13-7-41)100-69(32-72(80,81)33-69)36-97-54-21-18-48(24-57(54)94-3)87-39-84-51-27-60(104-63(51)66(87)90)42-8-14-45(75)15-9-42/h4-27,37-39H,28-36H2,1-3H3. The molecule has 3 aliphatic rings. The van der Waals surface area contributed by atoms with Crippen molar-refractivity contribution in [1.29, 1.82) is 0 Å². The molecule has 0 aliphatic heterocycles. The van der Waals surface area contributed by atoms with Crippen LogP contribution in [-0.2, 0) is 18.1 Å². The van der Waals surface area contributed by atoms with Gasteiger partial charge < -0.3 is 28.4 Å². The molecule has 12 aromatic rings. The van der Waals surface area contributed by atoms with E-state index in [2.05, 4.69) is 15.0 Å². The van der Waals surface area contributed by atoms with Gasteiger partial charge in [-0.1, -0.05) is 71.2 Å². The predicted molar refractivity (Wildman–Crippen MR) is 385 cm³/mol. The van der Waals surface area contributed by atoms with Crippen LogP contribution in [0.3, 0.4) is 0 Å². The number of ether oxygens (including phenoxy) is 6. The average Bonchev–Trinajstić information content (AvgIpc) is 1.24. The van der Waals surface area contributed by atoms with Crippen LogP contribution in [0.5, 0.6) is 34.5 Å². The lowest BCUT2D eigenvalue weighted by molar-refractivity contribution is -0.250. The molecule has 6 aromatic heterocycles. The van der Waals surface area contributed by atoms with Crippen LogP contribution in [0.25, 0.3) is 79.0 Å². The maximum absolute atomic E-state index is 16.2. The van der Waals surface area contributed by atoms with Gasteiger partial charge in [-0.3, -0.25) is 41.7 Å². The molecule has 19 nitrogen and oxygen atoms in total. The Kier molecular flexibility index (Phi) is 18.4. The zero-order valence-electron chi connectivity index (χ0n) is 54.5. The monoisotopic (exact) mass is 1560 g/mol. The van der Waals surface area contributed by atoms with Gasteiger partial charge in [0.15, 0.2) is 34.5 Å². The number of phosphoric ester groups is 1. The van der Waals surface area contributed by atoms with Crippen LogP contribution in [0.4, 0.5) is 26.3 Å². The first-order valence-electron chi connectivity index (χ1n) is 31.7. The zero-order chi connectivity index (χ0) is 72.9. The largest absolute Gasteiger partial charge is 0.493 e. The van der Waals surface area contributed by atoms with Crippen molar-refractivity contribution in [2.24, 2.45) is 0 Å². The summed E-state index contributed by atoms with van der Waals surface area (Å²) in [6.07, 6.45) is -3.50. The number of fused-ring (bicyclic) bond motifs is 3. The smallest absolute Gasteiger partial charge is 0.476 e. The Bertz CT molecular complexity index is 5040. The highest BCUT2D eigenvalue weighted by Crippen LogP contribution is 2.69. The predicted octanol–water partition coefficient (Wildman–Crippen LogP) is 18.2. The molecule has 0 spiro atoms. The molecule has 6 heterocycles. The zero-order valence-corrected chi connectivity index (χ0v) is 60.1. The number of halogens is 9. The molecule has 0 bridgehead atoms. The van der Waals surface area contributed by atoms with Crippen molar-refractivity contribution in [2.75, 3.05) is 41.2 Å². The van der Waals surface area contributed by atoms with Gasteiger partial charge in [0.2, 0.25) is 0 Å². The molecule has 0 N–H and O–H groups in total. The summed E-state index contributed by atoms with van der Waals surface area (Å²) in [5, 5.41) is 1.60. The molecule has 0 unspecified atom stereocenters. The molecule has 536 valence electrons. The van der Waals surface area contributed by atoms with Crippen LogP contribution in [0, 0.1) is 0 Å². The molecule has 6 aromatic carbocycles. The molecule has 0 radical (unpaired) electrons. The van der Waals surface area contributed by atoms with E-state index in [4.69, 9.17) is 76.8 Å². The molecular weight excluding hydrogens is 1500 g/mol. The van der Waals surface area contributed by atoms with Crippen molar-refractivity contribution in [3.05, 3.63) is 211 Å². The molecule has 0 atom stereocenters. The van der Waals surface area contributed by atoms with Crippen molar-refractivity contribution < 1.29 is 72.9 Å². The Morgan fingerprint density at radius 2 is 0.654 bits per heavy atom. The minimum absolute atomic E-state index is 0.0285. The molecule has 3 aliphatic carbocycles. The Morgan fingerprint density at radius 3 is 0.894 bits per heavy atom. The summed E-state index contributed by atoms with van der Waals surface area (Å²) in [6, 6.07) is 39.3. The fraction of sp³-hybridized carbons (Fsp3) is 0.250. The van der Waals surface area contributed by atoms with E-state index in [1.54, 1.807) is 54.6 Å². The van der Waals surface area contributed by atoms with Gasteiger partial charge in [-0.15, -0.1) is 34.0 Å². The van der Waals surface area contributed by atoms with Crippen LogP contribution < -0.4 is 45.1 Å². The Labute approximate surface area is 612 Å². The number of benzene rings is 6. The minimum Gasteiger partial charge on any atom is -0.493 e. The third-order valence-electron chi connectivity index (χ3n) is 17.8. The summed E-state index contributed by atoms with van der Waals surface area (Å²) in [6.45, 7) is -2.66. The average molecular weight is 1560 g/mol. The Morgan fingerprint density at radius 1 is 0.394 bits per heavy atom. The maximum Gasteiger partial charge on any atom is 0.476 e. The van der Waals surface area contributed by atoms with Gasteiger partial charge in [-0.05, 0) is 108 Å². The summed E-state index contributed by atoms with van der Waals surface area (Å²) in [5.74, 6) is -11.0. The van der Waals surface area contributed by atoms with Gasteiger partial charge in [-0.2, -0.15) is 0 Å². The fourth-order valence-corrected chi connectivity index (χ4v) is 18.6. The number of phosphoric acid groups is 1. The van der Waals surface area contributed by atoms with E-state index in [9.17, 15) is 14.4 Å². The number of alkyl halides is 6. The van der Waals surface area contributed by atoms with E-state index in [1.807, 2.05) is 36.4 Å². The number of methoxy groups -OCH3 is 3. The van der Waals surface area contributed by atoms with Crippen LogP contribution in [0.1, 0.15) is 38.5 Å². The maximum atomic E-state index is 16.2. The Balaban J connectivity index is 0.734. The van der Waals surface area contributed by atoms with Gasteiger partial charge in [-0.25, -0.2) is 45.9 Å². The summed E-state index contributed by atoms with van der Waals surface area (Å²) in [4.78, 5) is 58.0. The first-order chi connectivity index (χ1) is 49.6. The lowest BCUT2D eigenvalue weighted by Gasteiger charge is -2.53. The molecular formula is C72H54Cl3F6N6O13PS3. The van der Waals surface area contributed by atoms with E-state index in [0.29, 0.717) is 45.7 Å². The van der Waals surface area contributed by atoms with E-state index in [-0.39, 0.29) is 51.6 Å². The first kappa shape index (κ1) is 70.8. The lowest BCUT2D eigenvalue weighted by atomic mass is 9.77. The number of thiophene rings is 3.